The summed E-state index contributed by atoms with van der Waals surface area (Å²) in [7, 11) is -4.18. The van der Waals surface area contributed by atoms with E-state index in [-0.39, 0.29) is 11.5 Å². The molecule has 5 nitrogen and oxygen atoms in total. The van der Waals surface area contributed by atoms with E-state index in [9.17, 15) is 26.4 Å². The molecule has 130 valence electrons. The van der Waals surface area contributed by atoms with Crippen LogP contribution in [0.2, 0.25) is 5.02 Å². The second-order valence-corrected chi connectivity index (χ2v) is 6.68. The number of rotatable bonds is 7. The van der Waals surface area contributed by atoms with E-state index >= 15 is 0 Å². The largest absolute Gasteiger partial charge is 0.465 e. The van der Waals surface area contributed by atoms with Crippen molar-refractivity contribution in [1.29, 1.82) is 0 Å². The zero-order chi connectivity index (χ0) is 17.7. The van der Waals surface area contributed by atoms with Crippen molar-refractivity contribution in [3.8, 4) is 0 Å². The highest BCUT2D eigenvalue weighted by molar-refractivity contribution is 7.89. The zero-order valence-corrected chi connectivity index (χ0v) is 13.6. The first kappa shape index (κ1) is 19.7. The third kappa shape index (κ3) is 6.76. The quantitative estimate of drug-likeness (QED) is 0.746. The lowest BCUT2D eigenvalue weighted by atomic mass is 10.1. The van der Waals surface area contributed by atoms with Crippen LogP contribution in [0.5, 0.6) is 0 Å². The van der Waals surface area contributed by atoms with Gasteiger partial charge in [-0.05, 0) is 37.6 Å². The predicted octanol–water partition coefficient (Wildman–Crippen LogP) is 2.89. The van der Waals surface area contributed by atoms with Crippen LogP contribution in [-0.2, 0) is 19.6 Å². The summed E-state index contributed by atoms with van der Waals surface area (Å²) in [5, 5.41) is 0.294. The van der Waals surface area contributed by atoms with Gasteiger partial charge in [-0.1, -0.05) is 11.6 Å². The fourth-order valence-corrected chi connectivity index (χ4v) is 2.99. The highest BCUT2D eigenvalue weighted by Gasteiger charge is 2.33. The molecule has 0 aliphatic rings. The second-order valence-electron chi connectivity index (χ2n) is 4.53. The molecule has 0 radical (unpaired) electrons. The highest BCUT2D eigenvalue weighted by atomic mass is 35.5. The average molecular weight is 374 g/mol. The van der Waals surface area contributed by atoms with E-state index in [4.69, 9.17) is 11.6 Å². The van der Waals surface area contributed by atoms with Gasteiger partial charge in [0.1, 0.15) is 6.04 Å². The van der Waals surface area contributed by atoms with Gasteiger partial charge in [-0.15, -0.1) is 0 Å². The van der Waals surface area contributed by atoms with Gasteiger partial charge in [-0.2, -0.15) is 17.9 Å². The topological polar surface area (TPSA) is 72.5 Å². The van der Waals surface area contributed by atoms with Gasteiger partial charge in [-0.25, -0.2) is 8.42 Å². The maximum atomic E-state index is 12.3. The van der Waals surface area contributed by atoms with Crippen LogP contribution in [0.4, 0.5) is 13.2 Å². The number of carbonyl (C=O) groups excluding carboxylic acids is 1. The van der Waals surface area contributed by atoms with Crippen LogP contribution in [0.15, 0.2) is 29.2 Å². The van der Waals surface area contributed by atoms with E-state index in [1.165, 1.54) is 31.2 Å². The summed E-state index contributed by atoms with van der Waals surface area (Å²) < 4.78 is 67.8. The average Bonchev–Trinajstić information content (AvgIpc) is 2.43. The molecule has 0 saturated carbocycles. The van der Waals surface area contributed by atoms with Crippen molar-refractivity contribution in [1.82, 2.24) is 4.72 Å². The number of carbonyl (C=O) groups is 1. The van der Waals surface area contributed by atoms with E-state index < -0.39 is 41.1 Å². The van der Waals surface area contributed by atoms with Gasteiger partial charge in [0.05, 0.1) is 11.5 Å². The molecule has 0 spiro atoms. The van der Waals surface area contributed by atoms with Crippen LogP contribution in [-0.4, -0.2) is 33.2 Å². The molecule has 1 unspecified atom stereocenters. The van der Waals surface area contributed by atoms with Crippen LogP contribution >= 0.6 is 11.6 Å². The summed E-state index contributed by atoms with van der Waals surface area (Å²) in [6, 6.07) is 3.35. The Morgan fingerprint density at radius 2 is 1.87 bits per heavy atom. The molecule has 1 aromatic rings. The molecule has 0 aliphatic heterocycles. The molecule has 0 heterocycles. The van der Waals surface area contributed by atoms with Gasteiger partial charge in [0, 0.05) is 11.4 Å². The van der Waals surface area contributed by atoms with Gasteiger partial charge >= 0.3 is 12.1 Å². The normalized spacial score (nSPS) is 13.6. The molecule has 1 aromatic carbocycles. The maximum absolute atomic E-state index is 12.3. The molecular formula is C13H15ClF3NO4S. The van der Waals surface area contributed by atoms with Gasteiger partial charge in [0.15, 0.2) is 0 Å². The van der Waals surface area contributed by atoms with Crippen molar-refractivity contribution >= 4 is 27.6 Å². The third-order valence-electron chi connectivity index (χ3n) is 2.71. The van der Waals surface area contributed by atoms with E-state index in [0.29, 0.717) is 5.02 Å². The number of hydrogen-bond acceptors (Lipinski definition) is 4. The fourth-order valence-electron chi connectivity index (χ4n) is 1.64. The smallest absolute Gasteiger partial charge is 0.389 e. The van der Waals surface area contributed by atoms with Crippen LogP contribution in [0.1, 0.15) is 19.8 Å². The van der Waals surface area contributed by atoms with Crippen molar-refractivity contribution in [2.75, 3.05) is 6.61 Å². The first-order valence-electron chi connectivity index (χ1n) is 6.56. The van der Waals surface area contributed by atoms with E-state index in [1.54, 1.807) is 0 Å². The third-order valence-corrected chi connectivity index (χ3v) is 4.45. The molecule has 0 saturated heterocycles. The summed E-state index contributed by atoms with van der Waals surface area (Å²) in [6.07, 6.45) is -6.59. The summed E-state index contributed by atoms with van der Waals surface area (Å²) in [4.78, 5) is 11.5. The molecule has 1 atom stereocenters. The fraction of sp³-hybridized carbons (Fsp3) is 0.462. The number of benzene rings is 1. The Morgan fingerprint density at radius 1 is 1.30 bits per heavy atom. The van der Waals surface area contributed by atoms with Crippen LogP contribution in [0.3, 0.4) is 0 Å². The van der Waals surface area contributed by atoms with Crippen LogP contribution in [0, 0.1) is 0 Å². The minimum atomic E-state index is -4.52. The lowest BCUT2D eigenvalue weighted by Crippen LogP contribution is -2.42. The lowest BCUT2D eigenvalue weighted by Gasteiger charge is -2.18. The number of alkyl halides is 3. The predicted molar refractivity (Wildman–Crippen MR) is 77.5 cm³/mol. The molecule has 23 heavy (non-hydrogen) atoms. The Labute approximate surface area is 136 Å². The maximum Gasteiger partial charge on any atom is 0.389 e. The van der Waals surface area contributed by atoms with Gasteiger partial charge in [-0.3, -0.25) is 4.79 Å². The monoisotopic (exact) mass is 373 g/mol. The number of hydrogen-bond donors (Lipinski definition) is 1. The van der Waals surface area contributed by atoms with Crippen LogP contribution < -0.4 is 4.72 Å². The Morgan fingerprint density at radius 3 is 2.35 bits per heavy atom. The second kappa shape index (κ2) is 7.98. The molecule has 1 N–H and O–H groups in total. The minimum absolute atomic E-state index is 0.0793. The first-order valence-corrected chi connectivity index (χ1v) is 8.42. The molecule has 0 aliphatic carbocycles. The van der Waals surface area contributed by atoms with Gasteiger partial charge < -0.3 is 4.74 Å². The zero-order valence-electron chi connectivity index (χ0n) is 12.1. The molecule has 0 aromatic heterocycles. The number of sulfonamides is 1. The number of esters is 1. The van der Waals surface area contributed by atoms with E-state index in [1.807, 2.05) is 4.72 Å². The van der Waals surface area contributed by atoms with Gasteiger partial charge in [0.25, 0.3) is 0 Å². The molecule has 0 amide bonds. The van der Waals surface area contributed by atoms with Crippen molar-refractivity contribution in [3.63, 3.8) is 0 Å². The Bertz CT molecular complexity index is 632. The van der Waals surface area contributed by atoms with Gasteiger partial charge in [0.2, 0.25) is 10.0 Å². The van der Waals surface area contributed by atoms with Crippen molar-refractivity contribution in [3.05, 3.63) is 29.3 Å². The van der Waals surface area contributed by atoms with Crippen LogP contribution in [0.25, 0.3) is 0 Å². The van der Waals surface area contributed by atoms with E-state index in [2.05, 4.69) is 4.74 Å². The molecule has 0 fully saturated rings. The molecule has 1 rings (SSSR count). The molecule has 0 bridgehead atoms. The minimum Gasteiger partial charge on any atom is -0.465 e. The lowest BCUT2D eigenvalue weighted by molar-refractivity contribution is -0.149. The molecule has 10 heteroatoms. The van der Waals surface area contributed by atoms with Crippen molar-refractivity contribution in [2.24, 2.45) is 0 Å². The van der Waals surface area contributed by atoms with Crippen molar-refractivity contribution in [2.45, 2.75) is 36.9 Å². The Kier molecular flexibility index (Phi) is 6.84. The van der Waals surface area contributed by atoms with E-state index in [0.717, 1.165) is 0 Å². The number of nitrogens with one attached hydrogen (secondary N) is 1. The first-order chi connectivity index (χ1) is 10.5. The Hall–Kier alpha value is -1.32. The summed E-state index contributed by atoms with van der Waals surface area (Å²) in [5.41, 5.74) is 0. The SMILES string of the molecule is CCOC(=O)C(CCC(F)(F)F)NS(=O)(=O)c1ccc(Cl)cc1. The van der Waals surface area contributed by atoms with Crippen molar-refractivity contribution < 1.29 is 31.1 Å². The number of ether oxygens (including phenoxy) is 1. The summed E-state index contributed by atoms with van der Waals surface area (Å²) in [6.45, 7) is 1.39. The number of halogens is 4. The summed E-state index contributed by atoms with van der Waals surface area (Å²) in [5.74, 6) is -1.06. The molecular weight excluding hydrogens is 359 g/mol. The standard InChI is InChI=1S/C13H15ClF3NO4S/c1-2-22-12(19)11(7-8-13(15,16)17)18-23(20,21)10-5-3-9(14)4-6-10/h3-6,11,18H,2,7-8H2,1H3. The highest BCUT2D eigenvalue weighted by Crippen LogP contribution is 2.23. The summed E-state index contributed by atoms with van der Waals surface area (Å²) >= 11 is 5.64. The Balaban J connectivity index is 2.93.